The van der Waals surface area contributed by atoms with Crippen molar-refractivity contribution in [3.05, 3.63) is 59.5 Å². The standard InChI is InChI=1S/C15H20O.C10H11N5O/c1-2-5-12(4-1)11-16-15-9-8-13-6-3-7-14(13)10-15;1-15-5-7(4-14-15)6-2-8(10(12)16)9(11)13-3-6/h8-10,12H,1-7,11H2;2-5H,1H3,(H2,11,13)(H2,12,16). The molecule has 1 amide bonds. The smallest absolute Gasteiger partial charge is 0.252 e. The van der Waals surface area contributed by atoms with Crippen molar-refractivity contribution in [3.8, 4) is 16.9 Å². The molecule has 0 atom stereocenters. The van der Waals surface area contributed by atoms with Crippen LogP contribution in [0.4, 0.5) is 5.82 Å². The van der Waals surface area contributed by atoms with E-state index in [4.69, 9.17) is 16.2 Å². The molecular formula is C25H31N5O2. The number of amides is 1. The number of ether oxygens (including phenoxy) is 1. The molecule has 4 N–H and O–H groups in total. The molecule has 1 saturated carbocycles. The minimum Gasteiger partial charge on any atom is -0.493 e. The Hall–Kier alpha value is -3.35. The van der Waals surface area contributed by atoms with Crippen molar-refractivity contribution < 1.29 is 9.53 Å². The van der Waals surface area contributed by atoms with Gasteiger partial charge in [-0.3, -0.25) is 9.48 Å². The number of benzene rings is 1. The van der Waals surface area contributed by atoms with Gasteiger partial charge in [0.25, 0.3) is 5.91 Å². The fourth-order valence-corrected chi connectivity index (χ4v) is 4.43. The summed E-state index contributed by atoms with van der Waals surface area (Å²) in [6.07, 6.45) is 14.4. The number of nitrogens with two attached hydrogens (primary N) is 2. The van der Waals surface area contributed by atoms with Crippen LogP contribution in [0.2, 0.25) is 0 Å². The van der Waals surface area contributed by atoms with Gasteiger partial charge in [0.05, 0.1) is 18.4 Å². The summed E-state index contributed by atoms with van der Waals surface area (Å²) in [5.41, 5.74) is 15.6. The number of fused-ring (bicyclic) bond motifs is 1. The number of anilines is 1. The summed E-state index contributed by atoms with van der Waals surface area (Å²) in [5.74, 6) is 1.46. The van der Waals surface area contributed by atoms with E-state index in [0.29, 0.717) is 0 Å². The Morgan fingerprint density at radius 3 is 2.59 bits per heavy atom. The van der Waals surface area contributed by atoms with E-state index in [1.54, 1.807) is 23.1 Å². The topological polar surface area (TPSA) is 109 Å². The first kappa shape index (κ1) is 21.9. The van der Waals surface area contributed by atoms with Crippen molar-refractivity contribution in [2.24, 2.45) is 18.7 Å². The average molecular weight is 434 g/mol. The van der Waals surface area contributed by atoms with Crippen molar-refractivity contribution in [2.75, 3.05) is 12.3 Å². The number of primary amides is 1. The van der Waals surface area contributed by atoms with Gasteiger partial charge in [-0.05, 0) is 67.3 Å². The van der Waals surface area contributed by atoms with Gasteiger partial charge in [-0.25, -0.2) is 4.98 Å². The van der Waals surface area contributed by atoms with Crippen LogP contribution in [0.15, 0.2) is 42.9 Å². The predicted molar refractivity (Wildman–Crippen MR) is 125 cm³/mol. The van der Waals surface area contributed by atoms with Crippen molar-refractivity contribution in [2.45, 2.75) is 44.9 Å². The lowest BCUT2D eigenvalue weighted by Gasteiger charge is -2.12. The van der Waals surface area contributed by atoms with E-state index in [9.17, 15) is 4.79 Å². The molecule has 7 heteroatoms. The Balaban J connectivity index is 0.000000153. The maximum atomic E-state index is 11.1. The summed E-state index contributed by atoms with van der Waals surface area (Å²) in [5, 5.41) is 4.03. The molecule has 168 valence electrons. The van der Waals surface area contributed by atoms with Crippen LogP contribution in [0, 0.1) is 5.92 Å². The van der Waals surface area contributed by atoms with E-state index in [1.165, 1.54) is 56.1 Å². The van der Waals surface area contributed by atoms with Gasteiger partial charge in [-0.15, -0.1) is 0 Å². The highest BCUT2D eigenvalue weighted by Gasteiger charge is 2.16. The molecule has 0 saturated heterocycles. The first-order valence-corrected chi connectivity index (χ1v) is 11.3. The van der Waals surface area contributed by atoms with Gasteiger partial charge in [0.1, 0.15) is 11.6 Å². The molecular weight excluding hydrogens is 402 g/mol. The molecule has 7 nitrogen and oxygen atoms in total. The summed E-state index contributed by atoms with van der Waals surface area (Å²) in [6, 6.07) is 8.28. The molecule has 0 bridgehead atoms. The van der Waals surface area contributed by atoms with Gasteiger partial charge in [0.2, 0.25) is 0 Å². The Morgan fingerprint density at radius 2 is 1.88 bits per heavy atom. The molecule has 2 aliphatic carbocycles. The predicted octanol–water partition coefficient (Wildman–Crippen LogP) is 3.91. The average Bonchev–Trinajstić information content (AvgIpc) is 3.54. The van der Waals surface area contributed by atoms with Crippen LogP contribution in [0.25, 0.3) is 11.1 Å². The highest BCUT2D eigenvalue weighted by Crippen LogP contribution is 2.28. The fraction of sp³-hybridized carbons (Fsp3) is 0.400. The summed E-state index contributed by atoms with van der Waals surface area (Å²) in [7, 11) is 1.81. The van der Waals surface area contributed by atoms with E-state index in [0.717, 1.165) is 29.4 Å². The molecule has 2 aliphatic rings. The van der Waals surface area contributed by atoms with Crippen LogP contribution >= 0.6 is 0 Å². The molecule has 3 aromatic rings. The third-order valence-corrected chi connectivity index (χ3v) is 6.25. The first-order valence-electron chi connectivity index (χ1n) is 11.3. The zero-order valence-electron chi connectivity index (χ0n) is 18.6. The third-order valence-electron chi connectivity index (χ3n) is 6.25. The van der Waals surface area contributed by atoms with E-state index in [1.807, 2.05) is 13.2 Å². The molecule has 1 fully saturated rings. The second-order valence-electron chi connectivity index (χ2n) is 8.67. The van der Waals surface area contributed by atoms with E-state index < -0.39 is 5.91 Å². The zero-order valence-corrected chi connectivity index (χ0v) is 18.6. The molecule has 2 heterocycles. The highest BCUT2D eigenvalue weighted by atomic mass is 16.5. The van der Waals surface area contributed by atoms with E-state index in [2.05, 4.69) is 28.3 Å². The number of carbonyl (C=O) groups is 1. The van der Waals surface area contributed by atoms with Crippen molar-refractivity contribution >= 4 is 11.7 Å². The number of hydrogen-bond donors (Lipinski definition) is 2. The van der Waals surface area contributed by atoms with Crippen LogP contribution in [0.5, 0.6) is 5.75 Å². The second-order valence-corrected chi connectivity index (χ2v) is 8.67. The molecule has 1 aromatic carbocycles. The molecule has 32 heavy (non-hydrogen) atoms. The Morgan fingerprint density at radius 1 is 1.09 bits per heavy atom. The Kier molecular flexibility index (Phi) is 6.73. The first-order chi connectivity index (χ1) is 15.5. The summed E-state index contributed by atoms with van der Waals surface area (Å²) in [4.78, 5) is 15.0. The SMILES string of the molecule is Cn1cc(-c2cnc(N)c(C(N)=O)c2)cn1.c1cc2c(cc1OCC1CCCC1)CCC2. The van der Waals surface area contributed by atoms with Crippen molar-refractivity contribution in [1.29, 1.82) is 0 Å². The number of rotatable bonds is 5. The maximum absolute atomic E-state index is 11.1. The van der Waals surface area contributed by atoms with E-state index >= 15 is 0 Å². The molecule has 5 rings (SSSR count). The molecule has 0 spiro atoms. The van der Waals surface area contributed by atoms with Gasteiger partial charge in [0, 0.05) is 30.6 Å². The van der Waals surface area contributed by atoms with Crippen molar-refractivity contribution in [3.63, 3.8) is 0 Å². The minimum absolute atomic E-state index is 0.139. The number of carbonyl (C=O) groups excluding carboxylic acids is 1. The van der Waals surface area contributed by atoms with Crippen molar-refractivity contribution in [1.82, 2.24) is 14.8 Å². The lowest BCUT2D eigenvalue weighted by molar-refractivity contribution is 0.100. The van der Waals surface area contributed by atoms with Gasteiger partial charge in [-0.2, -0.15) is 5.10 Å². The largest absolute Gasteiger partial charge is 0.493 e. The monoisotopic (exact) mass is 433 g/mol. The summed E-state index contributed by atoms with van der Waals surface area (Å²) >= 11 is 0. The molecule has 2 aromatic heterocycles. The van der Waals surface area contributed by atoms with Gasteiger partial charge < -0.3 is 16.2 Å². The van der Waals surface area contributed by atoms with Gasteiger partial charge in [-0.1, -0.05) is 18.9 Å². The quantitative estimate of drug-likeness (QED) is 0.634. The highest BCUT2D eigenvalue weighted by molar-refractivity contribution is 5.98. The second kappa shape index (κ2) is 9.85. The fourth-order valence-electron chi connectivity index (χ4n) is 4.43. The number of hydrogen-bond acceptors (Lipinski definition) is 5. The number of nitrogen functional groups attached to an aromatic ring is 1. The molecule has 0 radical (unpaired) electrons. The van der Waals surface area contributed by atoms with E-state index in [-0.39, 0.29) is 11.4 Å². The van der Waals surface area contributed by atoms with Crippen LogP contribution in [-0.2, 0) is 19.9 Å². The lowest BCUT2D eigenvalue weighted by atomic mass is 10.1. The van der Waals surface area contributed by atoms with Crippen LogP contribution in [0.3, 0.4) is 0 Å². The number of nitrogens with zero attached hydrogens (tertiary/aromatic N) is 3. The number of pyridine rings is 1. The van der Waals surface area contributed by atoms with Gasteiger partial charge in [0.15, 0.2) is 0 Å². The van der Waals surface area contributed by atoms with Gasteiger partial charge >= 0.3 is 0 Å². The summed E-state index contributed by atoms with van der Waals surface area (Å²) in [6.45, 7) is 0.929. The van der Waals surface area contributed by atoms with Crippen LogP contribution < -0.4 is 16.2 Å². The number of aryl methyl sites for hydroxylation is 3. The Labute approximate surface area is 188 Å². The van der Waals surface area contributed by atoms with Crippen LogP contribution in [0.1, 0.15) is 53.6 Å². The molecule has 0 unspecified atom stereocenters. The zero-order chi connectivity index (χ0) is 22.5. The maximum Gasteiger partial charge on any atom is 0.252 e. The summed E-state index contributed by atoms with van der Waals surface area (Å²) < 4.78 is 7.58. The minimum atomic E-state index is -0.587. The van der Waals surface area contributed by atoms with Crippen LogP contribution in [-0.4, -0.2) is 27.3 Å². The Bertz CT molecular complexity index is 1090. The molecule has 0 aliphatic heterocycles. The normalized spacial score (nSPS) is 15.2. The third kappa shape index (κ3) is 5.28. The number of aromatic nitrogens is 3. The lowest BCUT2D eigenvalue weighted by Crippen LogP contribution is -2.14.